The molecule has 1 amide bonds. The van der Waals surface area contributed by atoms with Gasteiger partial charge in [-0.3, -0.25) is 4.79 Å². The molecule has 1 saturated heterocycles. The van der Waals surface area contributed by atoms with E-state index in [9.17, 15) is 9.90 Å². The number of nitrogens with zero attached hydrogens (tertiary/aromatic N) is 2. The number of hydrogen-bond donors (Lipinski definition) is 2. The minimum atomic E-state index is -1.27. The van der Waals surface area contributed by atoms with Gasteiger partial charge in [0.15, 0.2) is 0 Å². The van der Waals surface area contributed by atoms with Gasteiger partial charge >= 0.3 is 0 Å². The van der Waals surface area contributed by atoms with Crippen molar-refractivity contribution in [3.05, 3.63) is 48.0 Å². The number of aromatic amines is 1. The smallest absolute Gasteiger partial charge is 0.272 e. The first kappa shape index (κ1) is 16.5. The van der Waals surface area contributed by atoms with E-state index in [1.165, 1.54) is 12.5 Å². The predicted molar refractivity (Wildman–Crippen MR) is 86.9 cm³/mol. The lowest BCUT2D eigenvalue weighted by Gasteiger charge is -2.30. The molecule has 3 rings (SSSR count). The fraction of sp³-hybridized carbons (Fsp3) is 0.412. The van der Waals surface area contributed by atoms with Crippen molar-refractivity contribution in [1.82, 2.24) is 14.9 Å². The number of carbonyl (C=O) groups is 1. The average molecular weight is 331 g/mol. The zero-order valence-corrected chi connectivity index (χ0v) is 13.6. The van der Waals surface area contributed by atoms with Crippen molar-refractivity contribution in [2.75, 3.05) is 32.9 Å². The van der Waals surface area contributed by atoms with Crippen LogP contribution in [0.4, 0.5) is 0 Å². The fourth-order valence-electron chi connectivity index (χ4n) is 2.57. The zero-order valence-electron chi connectivity index (χ0n) is 13.6. The molecule has 1 aliphatic rings. The quantitative estimate of drug-likeness (QED) is 0.873. The van der Waals surface area contributed by atoms with E-state index >= 15 is 0 Å². The van der Waals surface area contributed by atoms with E-state index in [0.29, 0.717) is 24.6 Å². The van der Waals surface area contributed by atoms with Crippen LogP contribution in [0.15, 0.2) is 36.8 Å². The maximum atomic E-state index is 12.5. The van der Waals surface area contributed by atoms with E-state index in [1.54, 1.807) is 4.90 Å². The first-order valence-corrected chi connectivity index (χ1v) is 7.83. The molecular formula is C17H21N3O4. The summed E-state index contributed by atoms with van der Waals surface area (Å²) in [6, 6.07) is 7.58. The maximum Gasteiger partial charge on any atom is 0.272 e. The van der Waals surface area contributed by atoms with Crippen molar-refractivity contribution in [2.45, 2.75) is 12.5 Å². The van der Waals surface area contributed by atoms with Crippen LogP contribution in [-0.4, -0.2) is 64.4 Å². The lowest BCUT2D eigenvalue weighted by molar-refractivity contribution is -0.0621. The second-order valence-electron chi connectivity index (χ2n) is 6.07. The van der Waals surface area contributed by atoms with Gasteiger partial charge in [0.25, 0.3) is 5.91 Å². The molecule has 0 radical (unpaired) electrons. The number of imidazole rings is 1. The number of rotatable bonds is 4. The Hall–Kier alpha value is -2.38. The number of aliphatic hydroxyl groups is 1. The van der Waals surface area contributed by atoms with Gasteiger partial charge in [0, 0.05) is 6.54 Å². The molecule has 0 saturated carbocycles. The summed E-state index contributed by atoms with van der Waals surface area (Å²) in [7, 11) is 0. The van der Waals surface area contributed by atoms with Gasteiger partial charge in [-0.25, -0.2) is 4.98 Å². The highest BCUT2D eigenvalue weighted by atomic mass is 16.5. The van der Waals surface area contributed by atoms with Crippen LogP contribution in [-0.2, 0) is 4.74 Å². The third-order valence-corrected chi connectivity index (χ3v) is 3.91. The number of hydrogen-bond acceptors (Lipinski definition) is 5. The number of H-pyrrole nitrogens is 1. The van der Waals surface area contributed by atoms with Crippen molar-refractivity contribution >= 4 is 5.91 Å². The van der Waals surface area contributed by atoms with E-state index in [4.69, 9.17) is 9.47 Å². The van der Waals surface area contributed by atoms with Crippen LogP contribution < -0.4 is 4.74 Å². The molecule has 2 heterocycles. The fourth-order valence-corrected chi connectivity index (χ4v) is 2.57. The van der Waals surface area contributed by atoms with Crippen molar-refractivity contribution in [3.8, 4) is 5.75 Å². The minimum Gasteiger partial charge on any atom is -0.490 e. The Morgan fingerprint density at radius 3 is 2.96 bits per heavy atom. The molecule has 1 aromatic heterocycles. The van der Waals surface area contributed by atoms with Crippen molar-refractivity contribution in [2.24, 2.45) is 0 Å². The van der Waals surface area contributed by atoms with Crippen LogP contribution in [0.5, 0.6) is 5.75 Å². The van der Waals surface area contributed by atoms with E-state index in [-0.39, 0.29) is 25.7 Å². The van der Waals surface area contributed by atoms with Gasteiger partial charge in [-0.15, -0.1) is 0 Å². The van der Waals surface area contributed by atoms with E-state index < -0.39 is 5.60 Å². The number of aromatic nitrogens is 2. The summed E-state index contributed by atoms with van der Waals surface area (Å²) in [5, 5.41) is 10.8. The molecule has 1 aromatic carbocycles. The van der Waals surface area contributed by atoms with Crippen molar-refractivity contribution in [3.63, 3.8) is 0 Å². The largest absolute Gasteiger partial charge is 0.490 e. The van der Waals surface area contributed by atoms with E-state index in [2.05, 4.69) is 9.97 Å². The zero-order chi connectivity index (χ0) is 17.0. The number of β-amino-alcohol motifs (C(OH)–C–C–N with tert-alkyl or cyclic N) is 1. The van der Waals surface area contributed by atoms with Crippen molar-refractivity contribution in [1.29, 1.82) is 0 Å². The lowest BCUT2D eigenvalue weighted by Crippen LogP contribution is -2.50. The molecule has 1 fully saturated rings. The normalized spacial score (nSPS) is 21.3. The van der Waals surface area contributed by atoms with Gasteiger partial charge < -0.3 is 24.5 Å². The van der Waals surface area contributed by atoms with Crippen LogP contribution in [0.25, 0.3) is 0 Å². The van der Waals surface area contributed by atoms with E-state index in [1.807, 2.05) is 31.2 Å². The molecule has 24 heavy (non-hydrogen) atoms. The molecule has 128 valence electrons. The molecular weight excluding hydrogens is 310 g/mol. The average Bonchev–Trinajstić information content (AvgIpc) is 3.04. The summed E-state index contributed by atoms with van der Waals surface area (Å²) in [6.45, 7) is 3.07. The molecule has 7 heteroatoms. The maximum absolute atomic E-state index is 12.5. The summed E-state index contributed by atoms with van der Waals surface area (Å²) in [5.41, 5.74) is 0.255. The molecule has 1 atom stereocenters. The second-order valence-corrected chi connectivity index (χ2v) is 6.07. The lowest BCUT2D eigenvalue weighted by atomic mass is 10.1. The predicted octanol–water partition coefficient (Wildman–Crippen LogP) is 1.00. The summed E-state index contributed by atoms with van der Waals surface area (Å²) >= 11 is 0. The monoisotopic (exact) mass is 331 g/mol. The van der Waals surface area contributed by atoms with Gasteiger partial charge in [-0.1, -0.05) is 17.7 Å². The number of benzene rings is 1. The molecule has 0 aliphatic carbocycles. The number of ether oxygens (including phenoxy) is 2. The van der Waals surface area contributed by atoms with Gasteiger partial charge in [0.05, 0.1) is 32.3 Å². The Kier molecular flexibility index (Phi) is 4.82. The highest BCUT2D eigenvalue weighted by molar-refractivity contribution is 5.92. The molecule has 0 unspecified atom stereocenters. The molecule has 2 N–H and O–H groups in total. The second kappa shape index (κ2) is 7.02. The Labute approximate surface area is 140 Å². The molecule has 0 spiro atoms. The minimum absolute atomic E-state index is 0.0445. The number of nitrogens with one attached hydrogen (secondary N) is 1. The summed E-state index contributed by atoms with van der Waals surface area (Å²) in [6.07, 6.45) is 2.92. The van der Waals surface area contributed by atoms with Crippen LogP contribution in [0.3, 0.4) is 0 Å². The summed E-state index contributed by atoms with van der Waals surface area (Å²) in [5.74, 6) is 0.455. The Balaban J connectivity index is 1.66. The van der Waals surface area contributed by atoms with Gasteiger partial charge in [-0.2, -0.15) is 0 Å². The number of aryl methyl sites for hydroxylation is 1. The summed E-state index contributed by atoms with van der Waals surface area (Å²) < 4.78 is 11.2. The number of amides is 1. The highest BCUT2D eigenvalue weighted by Crippen LogP contribution is 2.18. The van der Waals surface area contributed by atoms with Crippen LogP contribution in [0.2, 0.25) is 0 Å². The topological polar surface area (TPSA) is 87.7 Å². The third-order valence-electron chi connectivity index (χ3n) is 3.91. The van der Waals surface area contributed by atoms with Gasteiger partial charge in [0.1, 0.15) is 23.7 Å². The molecule has 2 aromatic rings. The first-order valence-electron chi connectivity index (χ1n) is 7.83. The molecule has 7 nitrogen and oxygen atoms in total. The number of carbonyl (C=O) groups excluding carboxylic acids is 1. The molecule has 1 aliphatic heterocycles. The highest BCUT2D eigenvalue weighted by Gasteiger charge is 2.36. The van der Waals surface area contributed by atoms with E-state index in [0.717, 1.165) is 5.56 Å². The molecule has 0 bridgehead atoms. The summed E-state index contributed by atoms with van der Waals surface area (Å²) in [4.78, 5) is 20.7. The van der Waals surface area contributed by atoms with Gasteiger partial charge in [-0.05, 0) is 19.1 Å². The Bertz CT molecular complexity index is 672. The SMILES string of the molecule is Cc1ccc(OC[C@]2(O)COCCN(C(=O)c3cnc[nH]3)C2)cc1. The van der Waals surface area contributed by atoms with Crippen LogP contribution >= 0.6 is 0 Å². The third kappa shape index (κ3) is 3.93. The van der Waals surface area contributed by atoms with Crippen LogP contribution in [0, 0.1) is 6.92 Å². The van der Waals surface area contributed by atoms with Crippen molar-refractivity contribution < 1.29 is 19.4 Å². The standard InChI is InChI=1S/C17H21N3O4/c1-13-2-4-14(5-3-13)24-11-17(22)9-20(6-7-23-10-17)16(21)15-8-18-12-19-15/h2-5,8,12,22H,6-7,9-11H2,1H3,(H,18,19)/t17-/m1/s1. The van der Waals surface area contributed by atoms with Crippen LogP contribution in [0.1, 0.15) is 16.1 Å². The van der Waals surface area contributed by atoms with Gasteiger partial charge in [0.2, 0.25) is 0 Å². The Morgan fingerprint density at radius 1 is 1.46 bits per heavy atom. The Morgan fingerprint density at radius 2 is 2.25 bits per heavy atom. The first-order chi connectivity index (χ1) is 11.6.